The maximum atomic E-state index is 11.3. The van der Waals surface area contributed by atoms with Gasteiger partial charge in [0.15, 0.2) is 11.5 Å². The number of hydrogen-bond acceptors (Lipinski definition) is 4. The summed E-state index contributed by atoms with van der Waals surface area (Å²) >= 11 is 0. The first-order valence-corrected chi connectivity index (χ1v) is 6.17. The van der Waals surface area contributed by atoms with Gasteiger partial charge in [0.1, 0.15) is 5.54 Å². The summed E-state index contributed by atoms with van der Waals surface area (Å²) in [5.74, 6) is -0.402. The smallest absolute Gasteiger partial charge is 0.323 e. The minimum absolute atomic E-state index is 0.0594. The molecule has 0 saturated heterocycles. The fraction of sp³-hybridized carbons (Fsp3) is 0.500. The maximum absolute atomic E-state index is 11.3. The van der Waals surface area contributed by atoms with Crippen LogP contribution in [0.3, 0.4) is 0 Å². The van der Waals surface area contributed by atoms with Crippen LogP contribution >= 0.6 is 0 Å². The number of aromatic hydroxyl groups is 1. The van der Waals surface area contributed by atoms with E-state index in [0.29, 0.717) is 18.8 Å². The fourth-order valence-corrected chi connectivity index (χ4v) is 1.89. The van der Waals surface area contributed by atoms with Crippen LogP contribution in [0.4, 0.5) is 0 Å². The van der Waals surface area contributed by atoms with Crippen LogP contribution in [0.2, 0.25) is 0 Å². The molecule has 1 aromatic carbocycles. The van der Waals surface area contributed by atoms with E-state index in [1.54, 1.807) is 26.0 Å². The molecule has 0 aliphatic heterocycles. The summed E-state index contributed by atoms with van der Waals surface area (Å²) in [6, 6.07) is 5.09. The monoisotopic (exact) mass is 267 g/mol. The lowest BCUT2D eigenvalue weighted by Gasteiger charge is -2.34. The number of carboxylic acid groups (broad SMARTS) is 1. The highest BCUT2D eigenvalue weighted by atomic mass is 16.5. The average molecular weight is 267 g/mol. The second-order valence-corrected chi connectivity index (χ2v) is 4.88. The molecule has 106 valence electrons. The molecule has 0 atom stereocenters. The molecule has 0 bridgehead atoms. The number of carboxylic acids is 1. The number of rotatable bonds is 6. The van der Waals surface area contributed by atoms with Gasteiger partial charge < -0.3 is 14.9 Å². The van der Waals surface area contributed by atoms with E-state index < -0.39 is 11.5 Å². The number of aliphatic carboxylic acids is 1. The standard InChI is InChI=1S/C14H21NO4/c1-5-15(14(2,3)13(17)18)9-10-6-7-12(19-4)11(16)8-10/h6-8,16H,5,9H2,1-4H3,(H,17,18). The summed E-state index contributed by atoms with van der Waals surface area (Å²) in [7, 11) is 1.49. The van der Waals surface area contributed by atoms with E-state index in [2.05, 4.69) is 0 Å². The summed E-state index contributed by atoms with van der Waals surface area (Å²) in [5.41, 5.74) is -0.112. The quantitative estimate of drug-likeness (QED) is 0.826. The highest BCUT2D eigenvalue weighted by Crippen LogP contribution is 2.28. The van der Waals surface area contributed by atoms with Gasteiger partial charge in [-0.05, 0) is 38.1 Å². The summed E-state index contributed by atoms with van der Waals surface area (Å²) in [6.45, 7) is 6.30. The number of nitrogens with zero attached hydrogens (tertiary/aromatic N) is 1. The molecule has 0 saturated carbocycles. The largest absolute Gasteiger partial charge is 0.504 e. The molecule has 1 rings (SSSR count). The molecule has 0 unspecified atom stereocenters. The van der Waals surface area contributed by atoms with Crippen molar-refractivity contribution in [3.63, 3.8) is 0 Å². The number of ether oxygens (including phenoxy) is 1. The van der Waals surface area contributed by atoms with Crippen molar-refractivity contribution in [2.75, 3.05) is 13.7 Å². The van der Waals surface area contributed by atoms with Crippen LogP contribution in [-0.4, -0.2) is 40.3 Å². The van der Waals surface area contributed by atoms with Crippen LogP contribution in [0.25, 0.3) is 0 Å². The van der Waals surface area contributed by atoms with Gasteiger partial charge in [-0.3, -0.25) is 9.69 Å². The molecule has 1 aromatic rings. The lowest BCUT2D eigenvalue weighted by Crippen LogP contribution is -2.49. The van der Waals surface area contributed by atoms with Crippen LogP contribution in [0.1, 0.15) is 26.3 Å². The zero-order valence-corrected chi connectivity index (χ0v) is 11.8. The van der Waals surface area contributed by atoms with E-state index in [1.165, 1.54) is 7.11 Å². The molecule has 0 radical (unpaired) electrons. The van der Waals surface area contributed by atoms with Gasteiger partial charge in [0.05, 0.1) is 7.11 Å². The molecule has 0 fully saturated rings. The van der Waals surface area contributed by atoms with Crippen molar-refractivity contribution in [1.29, 1.82) is 0 Å². The zero-order valence-electron chi connectivity index (χ0n) is 11.8. The number of phenols is 1. The molecule has 0 aliphatic rings. The number of benzene rings is 1. The molecule has 19 heavy (non-hydrogen) atoms. The normalized spacial score (nSPS) is 11.6. The number of likely N-dealkylation sites (N-methyl/N-ethyl adjacent to an activating group) is 1. The first-order valence-electron chi connectivity index (χ1n) is 6.17. The van der Waals surface area contributed by atoms with Crippen LogP contribution in [-0.2, 0) is 11.3 Å². The van der Waals surface area contributed by atoms with Gasteiger partial charge in [0, 0.05) is 6.54 Å². The van der Waals surface area contributed by atoms with Gasteiger partial charge in [-0.15, -0.1) is 0 Å². The topological polar surface area (TPSA) is 70.0 Å². The Morgan fingerprint density at radius 1 is 1.42 bits per heavy atom. The molecule has 5 nitrogen and oxygen atoms in total. The Kier molecular flexibility index (Phi) is 4.78. The third-order valence-electron chi connectivity index (χ3n) is 3.31. The van der Waals surface area contributed by atoms with Crippen LogP contribution in [0.5, 0.6) is 11.5 Å². The van der Waals surface area contributed by atoms with E-state index in [0.717, 1.165) is 5.56 Å². The summed E-state index contributed by atoms with van der Waals surface area (Å²) in [4.78, 5) is 13.1. The Hall–Kier alpha value is -1.75. The van der Waals surface area contributed by atoms with Gasteiger partial charge in [0.2, 0.25) is 0 Å². The predicted octanol–water partition coefficient (Wildman–Crippen LogP) is 2.09. The lowest BCUT2D eigenvalue weighted by atomic mass is 10.0. The molecular weight excluding hydrogens is 246 g/mol. The van der Waals surface area contributed by atoms with E-state index in [9.17, 15) is 15.0 Å². The van der Waals surface area contributed by atoms with Crippen molar-refractivity contribution in [2.45, 2.75) is 32.9 Å². The SMILES string of the molecule is CCN(Cc1ccc(OC)c(O)c1)C(C)(C)C(=O)O. The van der Waals surface area contributed by atoms with Crippen LogP contribution < -0.4 is 4.74 Å². The Bertz CT molecular complexity index is 457. The van der Waals surface area contributed by atoms with Gasteiger partial charge in [-0.2, -0.15) is 0 Å². The van der Waals surface area contributed by atoms with E-state index in [4.69, 9.17) is 4.74 Å². The molecule has 0 spiro atoms. The van der Waals surface area contributed by atoms with Crippen molar-refractivity contribution in [2.24, 2.45) is 0 Å². The van der Waals surface area contributed by atoms with Crippen molar-refractivity contribution in [3.8, 4) is 11.5 Å². The second-order valence-electron chi connectivity index (χ2n) is 4.88. The van der Waals surface area contributed by atoms with Gasteiger partial charge in [-0.1, -0.05) is 13.0 Å². The molecule has 0 amide bonds. The van der Waals surface area contributed by atoms with Crippen molar-refractivity contribution >= 4 is 5.97 Å². The minimum Gasteiger partial charge on any atom is -0.504 e. The van der Waals surface area contributed by atoms with E-state index in [1.807, 2.05) is 17.9 Å². The Labute approximate surface area is 113 Å². The lowest BCUT2D eigenvalue weighted by molar-refractivity contribution is -0.149. The first kappa shape index (κ1) is 15.3. The fourth-order valence-electron chi connectivity index (χ4n) is 1.89. The average Bonchev–Trinajstić information content (AvgIpc) is 2.35. The summed E-state index contributed by atoms with van der Waals surface area (Å²) in [5, 5.41) is 19.0. The van der Waals surface area contributed by atoms with Gasteiger partial charge in [-0.25, -0.2) is 0 Å². The molecule has 0 aliphatic carbocycles. The van der Waals surface area contributed by atoms with E-state index in [-0.39, 0.29) is 5.75 Å². The molecule has 0 aromatic heterocycles. The Balaban J connectivity index is 2.93. The highest BCUT2D eigenvalue weighted by molar-refractivity contribution is 5.77. The third kappa shape index (κ3) is 3.38. The van der Waals surface area contributed by atoms with Crippen molar-refractivity contribution in [3.05, 3.63) is 23.8 Å². The number of hydrogen-bond donors (Lipinski definition) is 2. The van der Waals surface area contributed by atoms with Crippen molar-refractivity contribution in [1.82, 2.24) is 4.90 Å². The number of phenolic OH excluding ortho intramolecular Hbond substituents is 1. The molecule has 5 heteroatoms. The van der Waals surface area contributed by atoms with E-state index >= 15 is 0 Å². The maximum Gasteiger partial charge on any atom is 0.323 e. The summed E-state index contributed by atoms with van der Waals surface area (Å²) in [6.07, 6.45) is 0. The third-order valence-corrected chi connectivity index (χ3v) is 3.31. The summed E-state index contributed by atoms with van der Waals surface area (Å²) < 4.78 is 4.98. The number of methoxy groups -OCH3 is 1. The van der Waals surface area contributed by atoms with Gasteiger partial charge in [0.25, 0.3) is 0 Å². The second kappa shape index (κ2) is 5.93. The molecule has 2 N–H and O–H groups in total. The Morgan fingerprint density at radius 3 is 2.47 bits per heavy atom. The predicted molar refractivity (Wildman–Crippen MR) is 72.5 cm³/mol. The minimum atomic E-state index is -0.954. The zero-order chi connectivity index (χ0) is 14.6. The number of carbonyl (C=O) groups is 1. The molecule has 0 heterocycles. The van der Waals surface area contributed by atoms with Crippen LogP contribution in [0, 0.1) is 0 Å². The Morgan fingerprint density at radius 2 is 2.05 bits per heavy atom. The first-order chi connectivity index (χ1) is 8.82. The van der Waals surface area contributed by atoms with Gasteiger partial charge >= 0.3 is 5.97 Å². The van der Waals surface area contributed by atoms with Crippen LogP contribution in [0.15, 0.2) is 18.2 Å². The molecular formula is C14H21NO4. The highest BCUT2D eigenvalue weighted by Gasteiger charge is 2.33. The van der Waals surface area contributed by atoms with Crippen molar-refractivity contribution < 1.29 is 19.7 Å².